The van der Waals surface area contributed by atoms with Crippen molar-refractivity contribution in [2.75, 3.05) is 32.5 Å². The molecular formula is C21H32N4O4S. The Morgan fingerprint density at radius 1 is 1.03 bits per heavy atom. The molecule has 166 valence electrons. The quantitative estimate of drug-likeness (QED) is 0.714. The first-order valence-corrected chi connectivity index (χ1v) is 12.1. The molecule has 1 aromatic rings. The Hall–Kier alpha value is -1.97. The van der Waals surface area contributed by atoms with Crippen LogP contribution in [0.5, 0.6) is 0 Å². The summed E-state index contributed by atoms with van der Waals surface area (Å²) in [6.45, 7) is 0.549. The number of amides is 2. The number of hydrogen-bond donors (Lipinski definition) is 2. The van der Waals surface area contributed by atoms with Crippen LogP contribution in [0, 0.1) is 5.92 Å². The second-order valence-corrected chi connectivity index (χ2v) is 10.5. The number of nitrogens with zero attached hydrogens (tertiary/aromatic N) is 2. The zero-order valence-corrected chi connectivity index (χ0v) is 18.6. The first-order chi connectivity index (χ1) is 14.3. The molecule has 8 nitrogen and oxygen atoms in total. The van der Waals surface area contributed by atoms with Gasteiger partial charge in [0.1, 0.15) is 0 Å². The summed E-state index contributed by atoms with van der Waals surface area (Å²) in [7, 11) is -0.582. The third kappa shape index (κ3) is 5.39. The number of rotatable bonds is 6. The highest BCUT2D eigenvalue weighted by Gasteiger charge is 2.33. The summed E-state index contributed by atoms with van der Waals surface area (Å²) in [5, 5.41) is 5.95. The fourth-order valence-electron chi connectivity index (χ4n) is 4.13. The lowest BCUT2D eigenvalue weighted by Crippen LogP contribution is -2.47. The minimum absolute atomic E-state index is 0.142. The number of hydrogen-bond acceptors (Lipinski definition) is 4. The van der Waals surface area contributed by atoms with Crippen LogP contribution in [-0.2, 0) is 15.0 Å². The first-order valence-electron chi connectivity index (χ1n) is 10.7. The van der Waals surface area contributed by atoms with Crippen LogP contribution in [0.15, 0.2) is 24.3 Å². The monoisotopic (exact) mass is 436 g/mol. The van der Waals surface area contributed by atoms with Gasteiger partial charge in [0, 0.05) is 33.2 Å². The smallest absolute Gasteiger partial charge is 0.281 e. The molecule has 1 aliphatic carbocycles. The van der Waals surface area contributed by atoms with Gasteiger partial charge in [-0.05, 0) is 37.8 Å². The van der Waals surface area contributed by atoms with Crippen LogP contribution in [0.1, 0.15) is 55.3 Å². The van der Waals surface area contributed by atoms with Gasteiger partial charge in [-0.25, -0.2) is 0 Å². The molecule has 3 rings (SSSR count). The van der Waals surface area contributed by atoms with E-state index in [0.29, 0.717) is 30.6 Å². The largest absolute Gasteiger partial charge is 0.349 e. The highest BCUT2D eigenvalue weighted by atomic mass is 32.2. The van der Waals surface area contributed by atoms with Gasteiger partial charge in [-0.3, -0.25) is 9.59 Å². The lowest BCUT2D eigenvalue weighted by Gasteiger charge is -2.32. The summed E-state index contributed by atoms with van der Waals surface area (Å²) in [4.78, 5) is 25.7. The third-order valence-electron chi connectivity index (χ3n) is 5.91. The van der Waals surface area contributed by atoms with Crippen molar-refractivity contribution in [2.45, 2.75) is 51.0 Å². The van der Waals surface area contributed by atoms with Gasteiger partial charge in [0.25, 0.3) is 16.1 Å². The van der Waals surface area contributed by atoms with E-state index in [1.165, 1.54) is 24.8 Å². The van der Waals surface area contributed by atoms with Gasteiger partial charge in [0.2, 0.25) is 5.91 Å². The van der Waals surface area contributed by atoms with Gasteiger partial charge in [-0.2, -0.15) is 17.0 Å². The Morgan fingerprint density at radius 2 is 1.73 bits per heavy atom. The van der Waals surface area contributed by atoms with Crippen molar-refractivity contribution < 1.29 is 18.0 Å². The molecule has 0 spiro atoms. The zero-order chi connectivity index (χ0) is 21.7. The van der Waals surface area contributed by atoms with E-state index in [4.69, 9.17) is 0 Å². The van der Waals surface area contributed by atoms with Crippen molar-refractivity contribution >= 4 is 27.7 Å². The summed E-state index contributed by atoms with van der Waals surface area (Å²) < 4.78 is 27.3. The fraction of sp³-hybridized carbons (Fsp3) is 0.619. The van der Waals surface area contributed by atoms with Crippen molar-refractivity contribution in [3.63, 3.8) is 0 Å². The Morgan fingerprint density at radius 3 is 2.43 bits per heavy atom. The third-order valence-corrected chi connectivity index (χ3v) is 7.82. The fourth-order valence-corrected chi connectivity index (χ4v) is 5.32. The molecule has 1 heterocycles. The van der Waals surface area contributed by atoms with E-state index < -0.39 is 16.1 Å². The van der Waals surface area contributed by atoms with Crippen molar-refractivity contribution in [1.82, 2.24) is 13.9 Å². The van der Waals surface area contributed by atoms with Crippen LogP contribution in [0.25, 0.3) is 0 Å². The molecule has 0 bridgehead atoms. The molecule has 9 heteroatoms. The molecule has 2 fully saturated rings. The predicted molar refractivity (Wildman–Crippen MR) is 116 cm³/mol. The van der Waals surface area contributed by atoms with Gasteiger partial charge >= 0.3 is 0 Å². The second-order valence-electron chi connectivity index (χ2n) is 8.33. The van der Waals surface area contributed by atoms with Crippen molar-refractivity contribution in [3.8, 4) is 0 Å². The number of anilines is 1. The summed E-state index contributed by atoms with van der Waals surface area (Å²) in [6.07, 6.45) is 6.66. The van der Waals surface area contributed by atoms with Gasteiger partial charge in [-0.1, -0.05) is 31.4 Å². The van der Waals surface area contributed by atoms with Crippen LogP contribution in [0.4, 0.5) is 5.69 Å². The lowest BCUT2D eigenvalue weighted by molar-refractivity contribution is -0.120. The van der Waals surface area contributed by atoms with E-state index in [-0.39, 0.29) is 24.4 Å². The average Bonchev–Trinajstić information content (AvgIpc) is 2.74. The Labute approximate surface area is 179 Å². The summed E-state index contributed by atoms with van der Waals surface area (Å²) in [5.74, 6) is -0.896. The van der Waals surface area contributed by atoms with Crippen molar-refractivity contribution in [2.24, 2.45) is 5.92 Å². The number of nitrogens with one attached hydrogen (secondary N) is 2. The molecule has 0 radical (unpaired) electrons. The molecule has 0 unspecified atom stereocenters. The number of carbonyl (C=O) groups is 2. The van der Waals surface area contributed by atoms with E-state index in [1.54, 1.807) is 24.3 Å². The molecular weight excluding hydrogens is 404 g/mol. The number of piperidine rings is 1. The maximum Gasteiger partial charge on any atom is 0.281 e. The van der Waals surface area contributed by atoms with E-state index in [2.05, 4.69) is 10.6 Å². The molecule has 2 amide bonds. The minimum atomic E-state index is -3.55. The highest BCUT2D eigenvalue weighted by molar-refractivity contribution is 7.86. The van der Waals surface area contributed by atoms with Gasteiger partial charge in [0.15, 0.2) is 0 Å². The van der Waals surface area contributed by atoms with Crippen LogP contribution in [0.3, 0.4) is 0 Å². The van der Waals surface area contributed by atoms with Crippen LogP contribution < -0.4 is 10.6 Å². The number of benzene rings is 1. The van der Waals surface area contributed by atoms with Crippen LogP contribution >= 0.6 is 0 Å². The molecule has 30 heavy (non-hydrogen) atoms. The van der Waals surface area contributed by atoms with Crippen LogP contribution in [-0.4, -0.2) is 62.1 Å². The van der Waals surface area contributed by atoms with E-state index in [0.717, 1.165) is 30.0 Å². The van der Waals surface area contributed by atoms with Crippen molar-refractivity contribution in [1.29, 1.82) is 0 Å². The van der Waals surface area contributed by atoms with Crippen LogP contribution in [0.2, 0.25) is 0 Å². The standard InChI is InChI=1S/C21H32N4O4S/c1-24(2)30(28,29)25-14-8-9-16(15-25)20(26)23-19-13-7-6-12-18(19)21(27)22-17-10-4-3-5-11-17/h6-7,12-13,16-17H,3-5,8-11,14-15H2,1-2H3,(H,22,27)(H,23,26)/t16-/m1/s1. The Bertz CT molecular complexity index is 866. The Balaban J connectivity index is 1.67. The molecule has 1 aromatic carbocycles. The molecule has 2 N–H and O–H groups in total. The number of para-hydroxylation sites is 1. The normalized spacial score (nSPS) is 21.4. The zero-order valence-electron chi connectivity index (χ0n) is 17.8. The SMILES string of the molecule is CN(C)S(=O)(=O)N1CCC[C@@H](C(=O)Nc2ccccc2C(=O)NC2CCCCC2)C1. The highest BCUT2D eigenvalue weighted by Crippen LogP contribution is 2.24. The van der Waals surface area contributed by atoms with Gasteiger partial charge in [0.05, 0.1) is 17.2 Å². The molecule has 2 aliphatic rings. The molecule has 0 aromatic heterocycles. The lowest BCUT2D eigenvalue weighted by atomic mass is 9.95. The summed E-state index contributed by atoms with van der Waals surface area (Å²) in [6, 6.07) is 7.15. The Kier molecular flexibility index (Phi) is 7.49. The van der Waals surface area contributed by atoms with Gasteiger partial charge in [-0.15, -0.1) is 0 Å². The van der Waals surface area contributed by atoms with E-state index in [1.807, 2.05) is 0 Å². The number of carbonyl (C=O) groups excluding carboxylic acids is 2. The van der Waals surface area contributed by atoms with E-state index in [9.17, 15) is 18.0 Å². The predicted octanol–water partition coefficient (Wildman–Crippen LogP) is 2.21. The maximum absolute atomic E-state index is 12.9. The van der Waals surface area contributed by atoms with Crippen molar-refractivity contribution in [3.05, 3.63) is 29.8 Å². The molecule has 1 atom stereocenters. The van der Waals surface area contributed by atoms with Gasteiger partial charge < -0.3 is 10.6 Å². The topological polar surface area (TPSA) is 98.8 Å². The first kappa shape index (κ1) is 22.7. The molecule has 1 saturated carbocycles. The van der Waals surface area contributed by atoms with E-state index >= 15 is 0 Å². The molecule has 1 aliphatic heterocycles. The average molecular weight is 437 g/mol. The minimum Gasteiger partial charge on any atom is -0.349 e. The summed E-state index contributed by atoms with van der Waals surface area (Å²) in [5.41, 5.74) is 0.897. The second kappa shape index (κ2) is 9.89. The summed E-state index contributed by atoms with van der Waals surface area (Å²) >= 11 is 0. The molecule has 1 saturated heterocycles. The maximum atomic E-state index is 12.9.